The van der Waals surface area contributed by atoms with Gasteiger partial charge in [0.15, 0.2) is 11.8 Å². The van der Waals surface area contributed by atoms with Gasteiger partial charge in [-0.15, -0.1) is 0 Å². The number of rotatable bonds is 3. The molecule has 0 aliphatic heterocycles. The lowest BCUT2D eigenvalue weighted by Gasteiger charge is -2.14. The zero-order valence-corrected chi connectivity index (χ0v) is 10.1. The van der Waals surface area contributed by atoms with Crippen molar-refractivity contribution < 1.29 is 19.7 Å². The van der Waals surface area contributed by atoms with Crippen molar-refractivity contribution in [3.05, 3.63) is 29.2 Å². The molecular formula is C10H10ClN3O4. The third kappa shape index (κ3) is 2.15. The number of aromatic nitrogens is 3. The van der Waals surface area contributed by atoms with Crippen LogP contribution in [0.4, 0.5) is 0 Å². The van der Waals surface area contributed by atoms with Crippen molar-refractivity contribution >= 4 is 23.2 Å². The SMILES string of the molecule is COC(=O)C(O)C(O)c1cnn2ccc(Cl)nc12. The first-order valence-corrected chi connectivity index (χ1v) is 5.36. The minimum Gasteiger partial charge on any atom is -0.467 e. The first kappa shape index (κ1) is 12.7. The molecule has 0 aromatic carbocycles. The van der Waals surface area contributed by atoms with Crippen LogP contribution in [0.2, 0.25) is 5.15 Å². The van der Waals surface area contributed by atoms with Gasteiger partial charge in [-0.25, -0.2) is 14.3 Å². The van der Waals surface area contributed by atoms with Crippen LogP contribution in [0.3, 0.4) is 0 Å². The summed E-state index contributed by atoms with van der Waals surface area (Å²) in [5.74, 6) is -0.941. The van der Waals surface area contributed by atoms with Crippen LogP contribution >= 0.6 is 11.6 Å². The minimum atomic E-state index is -1.70. The van der Waals surface area contributed by atoms with Crippen LogP contribution < -0.4 is 0 Å². The zero-order valence-electron chi connectivity index (χ0n) is 9.32. The summed E-state index contributed by atoms with van der Waals surface area (Å²) in [5, 5.41) is 23.6. The molecule has 2 aromatic rings. The van der Waals surface area contributed by atoms with Gasteiger partial charge < -0.3 is 14.9 Å². The van der Waals surface area contributed by atoms with Gasteiger partial charge in [-0.1, -0.05) is 11.6 Å². The molecule has 2 aromatic heterocycles. The van der Waals surface area contributed by atoms with Crippen molar-refractivity contribution in [2.75, 3.05) is 7.11 Å². The largest absolute Gasteiger partial charge is 0.467 e. The Bertz CT molecular complexity index is 586. The Morgan fingerprint density at radius 2 is 2.28 bits per heavy atom. The topological polar surface area (TPSA) is 97.0 Å². The molecule has 2 atom stereocenters. The zero-order chi connectivity index (χ0) is 13.3. The highest BCUT2D eigenvalue weighted by Gasteiger charge is 2.29. The molecule has 2 rings (SSSR count). The van der Waals surface area contributed by atoms with Gasteiger partial charge in [-0.05, 0) is 6.07 Å². The number of carbonyl (C=O) groups is 1. The standard InChI is InChI=1S/C10H10ClN3O4/c1-18-10(17)8(16)7(15)5-4-12-14-3-2-6(11)13-9(5)14/h2-4,7-8,15-16H,1H3. The molecule has 8 heteroatoms. The summed E-state index contributed by atoms with van der Waals surface area (Å²) in [7, 11) is 1.11. The van der Waals surface area contributed by atoms with E-state index in [0.29, 0.717) is 0 Å². The molecule has 0 aliphatic rings. The Hall–Kier alpha value is -1.70. The van der Waals surface area contributed by atoms with Crippen LogP contribution in [0.15, 0.2) is 18.5 Å². The van der Waals surface area contributed by atoms with E-state index in [1.807, 2.05) is 0 Å². The van der Waals surface area contributed by atoms with Crippen LogP contribution in [0, 0.1) is 0 Å². The molecule has 2 unspecified atom stereocenters. The molecule has 2 heterocycles. The number of aliphatic hydroxyl groups excluding tert-OH is 2. The highest BCUT2D eigenvalue weighted by molar-refractivity contribution is 6.29. The monoisotopic (exact) mass is 271 g/mol. The van der Waals surface area contributed by atoms with Gasteiger partial charge in [0.1, 0.15) is 11.3 Å². The van der Waals surface area contributed by atoms with E-state index in [9.17, 15) is 15.0 Å². The highest BCUT2D eigenvalue weighted by atomic mass is 35.5. The summed E-state index contributed by atoms with van der Waals surface area (Å²) >= 11 is 5.73. The summed E-state index contributed by atoms with van der Waals surface area (Å²) in [4.78, 5) is 15.1. The van der Waals surface area contributed by atoms with Crippen LogP contribution in [0.1, 0.15) is 11.7 Å². The van der Waals surface area contributed by atoms with Crippen molar-refractivity contribution in [2.45, 2.75) is 12.2 Å². The van der Waals surface area contributed by atoms with Crippen molar-refractivity contribution in [1.82, 2.24) is 14.6 Å². The molecule has 0 spiro atoms. The normalized spacial score (nSPS) is 14.4. The number of esters is 1. The Kier molecular flexibility index (Phi) is 3.46. The van der Waals surface area contributed by atoms with Gasteiger partial charge in [0.25, 0.3) is 0 Å². The first-order chi connectivity index (χ1) is 8.54. The van der Waals surface area contributed by atoms with Gasteiger partial charge in [-0.2, -0.15) is 5.10 Å². The second-order valence-electron chi connectivity index (χ2n) is 3.53. The molecule has 0 aliphatic carbocycles. The third-order valence-electron chi connectivity index (χ3n) is 2.42. The Balaban J connectivity index is 2.41. The maximum atomic E-state index is 11.1. The molecule has 0 radical (unpaired) electrons. The van der Waals surface area contributed by atoms with E-state index < -0.39 is 18.2 Å². The molecule has 96 valence electrons. The summed E-state index contributed by atoms with van der Waals surface area (Å²) in [6.07, 6.45) is -0.342. The summed E-state index contributed by atoms with van der Waals surface area (Å²) in [5.41, 5.74) is 0.452. The quantitative estimate of drug-likeness (QED) is 0.600. The number of carbonyl (C=O) groups excluding carboxylic acids is 1. The van der Waals surface area contributed by atoms with Crippen molar-refractivity contribution in [3.8, 4) is 0 Å². The molecule has 0 fully saturated rings. The van der Waals surface area contributed by atoms with Gasteiger partial charge in [-0.3, -0.25) is 0 Å². The predicted octanol–water partition coefficient (Wildman–Crippen LogP) is -0.0500. The van der Waals surface area contributed by atoms with E-state index in [4.69, 9.17) is 11.6 Å². The Labute approximate surface area is 107 Å². The number of nitrogens with zero attached hydrogens (tertiary/aromatic N) is 3. The molecule has 7 nitrogen and oxygen atoms in total. The van der Waals surface area contributed by atoms with E-state index in [1.54, 1.807) is 6.20 Å². The maximum Gasteiger partial charge on any atom is 0.337 e. The average molecular weight is 272 g/mol. The minimum absolute atomic E-state index is 0.190. The second-order valence-corrected chi connectivity index (χ2v) is 3.92. The number of aliphatic hydroxyl groups is 2. The summed E-state index contributed by atoms with van der Waals surface area (Å²) < 4.78 is 5.71. The number of methoxy groups -OCH3 is 1. The molecule has 0 saturated heterocycles. The van der Waals surface area contributed by atoms with Gasteiger partial charge in [0, 0.05) is 11.8 Å². The lowest BCUT2D eigenvalue weighted by Crippen LogP contribution is -2.29. The fourth-order valence-corrected chi connectivity index (χ4v) is 1.63. The van der Waals surface area contributed by atoms with E-state index in [-0.39, 0.29) is 16.4 Å². The molecule has 0 bridgehead atoms. The van der Waals surface area contributed by atoms with Crippen molar-refractivity contribution in [2.24, 2.45) is 0 Å². The van der Waals surface area contributed by atoms with Crippen LogP contribution in [0.25, 0.3) is 5.65 Å². The molecule has 2 N–H and O–H groups in total. The smallest absolute Gasteiger partial charge is 0.337 e. The molecule has 18 heavy (non-hydrogen) atoms. The lowest BCUT2D eigenvalue weighted by atomic mass is 10.1. The molecular weight excluding hydrogens is 262 g/mol. The van der Waals surface area contributed by atoms with Gasteiger partial charge in [0.05, 0.1) is 13.3 Å². The van der Waals surface area contributed by atoms with Crippen LogP contribution in [-0.4, -0.2) is 44.0 Å². The van der Waals surface area contributed by atoms with E-state index >= 15 is 0 Å². The number of fused-ring (bicyclic) bond motifs is 1. The van der Waals surface area contributed by atoms with Crippen molar-refractivity contribution in [1.29, 1.82) is 0 Å². The first-order valence-electron chi connectivity index (χ1n) is 4.98. The lowest BCUT2D eigenvalue weighted by molar-refractivity contribution is -0.156. The predicted molar refractivity (Wildman–Crippen MR) is 61.0 cm³/mol. The fourth-order valence-electron chi connectivity index (χ4n) is 1.49. The number of hydrogen-bond donors (Lipinski definition) is 2. The summed E-state index contributed by atoms with van der Waals surface area (Å²) in [6.45, 7) is 0. The van der Waals surface area contributed by atoms with Crippen LogP contribution in [0.5, 0.6) is 0 Å². The second kappa shape index (κ2) is 4.89. The summed E-state index contributed by atoms with van der Waals surface area (Å²) in [6, 6.07) is 1.52. The van der Waals surface area contributed by atoms with Gasteiger partial charge >= 0.3 is 5.97 Å². The molecule has 0 saturated carbocycles. The highest BCUT2D eigenvalue weighted by Crippen LogP contribution is 2.22. The van der Waals surface area contributed by atoms with Crippen LogP contribution in [-0.2, 0) is 9.53 Å². The number of hydrogen-bond acceptors (Lipinski definition) is 6. The molecule has 0 amide bonds. The fraction of sp³-hybridized carbons (Fsp3) is 0.300. The van der Waals surface area contributed by atoms with Crippen molar-refractivity contribution in [3.63, 3.8) is 0 Å². The third-order valence-corrected chi connectivity index (χ3v) is 2.63. The maximum absolute atomic E-state index is 11.1. The Morgan fingerprint density at radius 1 is 1.56 bits per heavy atom. The number of halogens is 1. The van der Waals surface area contributed by atoms with Gasteiger partial charge in [0.2, 0.25) is 0 Å². The average Bonchev–Trinajstić information content (AvgIpc) is 2.78. The van der Waals surface area contributed by atoms with E-state index in [0.717, 1.165) is 7.11 Å². The van der Waals surface area contributed by atoms with E-state index in [2.05, 4.69) is 14.8 Å². The van der Waals surface area contributed by atoms with E-state index in [1.165, 1.54) is 16.8 Å². The number of ether oxygens (including phenoxy) is 1. The Morgan fingerprint density at radius 3 is 2.94 bits per heavy atom.